The van der Waals surface area contributed by atoms with Gasteiger partial charge in [0.1, 0.15) is 36.4 Å². The molecule has 0 saturated heterocycles. The highest BCUT2D eigenvalue weighted by molar-refractivity contribution is 5.77. The molecule has 0 aliphatic rings. The third-order valence-corrected chi connectivity index (χ3v) is 3.47. The number of hydrogen-bond donors (Lipinski definition) is 1. The molecule has 0 radical (unpaired) electrons. The average Bonchev–Trinajstić information content (AvgIpc) is 2.58. The monoisotopic (exact) mass is 326 g/mol. The van der Waals surface area contributed by atoms with Crippen molar-refractivity contribution < 1.29 is 19.0 Å². The van der Waals surface area contributed by atoms with Crippen LogP contribution >= 0.6 is 0 Å². The van der Waals surface area contributed by atoms with E-state index in [9.17, 15) is 9.90 Å². The summed E-state index contributed by atoms with van der Waals surface area (Å²) in [5.74, 6) is 1.23. The highest BCUT2D eigenvalue weighted by Crippen LogP contribution is 2.19. The van der Waals surface area contributed by atoms with Crippen molar-refractivity contribution in [1.82, 2.24) is 0 Å². The molecule has 1 aromatic heterocycles. The van der Waals surface area contributed by atoms with Crippen LogP contribution in [0.25, 0.3) is 11.0 Å². The number of fused-ring (bicyclic) bond motifs is 1. The van der Waals surface area contributed by atoms with Crippen LogP contribution in [0.4, 0.5) is 0 Å². The Morgan fingerprint density at radius 3 is 2.46 bits per heavy atom. The van der Waals surface area contributed by atoms with Crippen molar-refractivity contribution in [2.75, 3.05) is 13.2 Å². The number of aliphatic hydroxyl groups excluding tert-OH is 1. The normalized spacial score (nSPS) is 12.1. The van der Waals surface area contributed by atoms with E-state index in [4.69, 9.17) is 13.9 Å². The molecule has 0 amide bonds. The maximum Gasteiger partial charge on any atom is 0.336 e. The summed E-state index contributed by atoms with van der Waals surface area (Å²) >= 11 is 0. The predicted molar refractivity (Wildman–Crippen MR) is 90.7 cm³/mol. The fraction of sp³-hybridized carbons (Fsp3) is 0.211. The van der Waals surface area contributed by atoms with Crippen molar-refractivity contribution in [3.63, 3.8) is 0 Å². The minimum Gasteiger partial charge on any atom is -0.491 e. The molecule has 1 heterocycles. The molecule has 5 heteroatoms. The van der Waals surface area contributed by atoms with E-state index < -0.39 is 11.7 Å². The highest BCUT2D eigenvalue weighted by atomic mass is 16.5. The van der Waals surface area contributed by atoms with Gasteiger partial charge in [0.15, 0.2) is 0 Å². The van der Waals surface area contributed by atoms with E-state index in [0.717, 1.165) is 10.9 Å². The summed E-state index contributed by atoms with van der Waals surface area (Å²) in [5.41, 5.74) is 1.13. The lowest BCUT2D eigenvalue weighted by molar-refractivity contribution is 0.0626. The van der Waals surface area contributed by atoms with E-state index in [1.54, 1.807) is 24.3 Å². The van der Waals surface area contributed by atoms with Gasteiger partial charge in [-0.15, -0.1) is 0 Å². The number of aliphatic hydroxyl groups is 1. The van der Waals surface area contributed by atoms with Crippen LogP contribution in [0, 0.1) is 6.92 Å². The van der Waals surface area contributed by atoms with Crippen molar-refractivity contribution in [1.29, 1.82) is 0 Å². The number of aryl methyl sites for hydroxylation is 1. The lowest BCUT2D eigenvalue weighted by Gasteiger charge is -2.14. The van der Waals surface area contributed by atoms with Crippen molar-refractivity contribution in [3.05, 3.63) is 70.6 Å². The van der Waals surface area contributed by atoms with Crippen LogP contribution in [0.3, 0.4) is 0 Å². The van der Waals surface area contributed by atoms with E-state index in [1.165, 1.54) is 6.07 Å². The molecular weight excluding hydrogens is 308 g/mol. The Labute approximate surface area is 139 Å². The van der Waals surface area contributed by atoms with Crippen LogP contribution in [0.1, 0.15) is 5.56 Å². The maximum absolute atomic E-state index is 11.2. The lowest BCUT2D eigenvalue weighted by Crippen LogP contribution is -2.25. The van der Waals surface area contributed by atoms with E-state index >= 15 is 0 Å². The van der Waals surface area contributed by atoms with Crippen molar-refractivity contribution in [2.24, 2.45) is 0 Å². The Kier molecular flexibility index (Phi) is 4.82. The van der Waals surface area contributed by atoms with E-state index in [2.05, 4.69) is 0 Å². The van der Waals surface area contributed by atoms with E-state index in [-0.39, 0.29) is 13.2 Å². The van der Waals surface area contributed by atoms with Crippen molar-refractivity contribution in [3.8, 4) is 11.5 Å². The molecule has 1 atom stereocenters. The Morgan fingerprint density at radius 1 is 1.00 bits per heavy atom. The van der Waals surface area contributed by atoms with Gasteiger partial charge in [0, 0.05) is 17.5 Å². The molecule has 3 rings (SSSR count). The summed E-state index contributed by atoms with van der Waals surface area (Å²) in [7, 11) is 0. The Bertz CT molecular complexity index is 884. The molecule has 5 nitrogen and oxygen atoms in total. The summed E-state index contributed by atoms with van der Waals surface area (Å²) < 4.78 is 16.2. The van der Waals surface area contributed by atoms with Crippen molar-refractivity contribution >= 4 is 11.0 Å². The van der Waals surface area contributed by atoms with Crippen LogP contribution in [0.2, 0.25) is 0 Å². The molecule has 0 saturated carbocycles. The second-order valence-electron chi connectivity index (χ2n) is 5.55. The lowest BCUT2D eigenvalue weighted by atomic mass is 10.2. The SMILES string of the molecule is Cc1cccc(OCC(O)COc2ccc3ccc(=O)oc3c2)c1. The van der Waals surface area contributed by atoms with Crippen LogP contribution in [0.5, 0.6) is 11.5 Å². The fourth-order valence-corrected chi connectivity index (χ4v) is 2.27. The quantitative estimate of drug-likeness (QED) is 0.705. The largest absolute Gasteiger partial charge is 0.491 e. The third kappa shape index (κ3) is 4.14. The summed E-state index contributed by atoms with van der Waals surface area (Å²) in [6.07, 6.45) is -0.774. The molecule has 0 spiro atoms. The number of benzene rings is 2. The molecule has 124 valence electrons. The summed E-state index contributed by atoms with van der Waals surface area (Å²) in [6, 6.07) is 15.9. The Hall–Kier alpha value is -2.79. The average molecular weight is 326 g/mol. The minimum atomic E-state index is -0.774. The second kappa shape index (κ2) is 7.19. The van der Waals surface area contributed by atoms with Gasteiger partial charge < -0.3 is 19.0 Å². The molecular formula is C19H18O5. The molecule has 1 unspecified atom stereocenters. The van der Waals surface area contributed by atoms with Gasteiger partial charge in [-0.05, 0) is 42.8 Å². The standard InChI is InChI=1S/C19H18O5/c1-13-3-2-4-16(9-13)22-11-15(20)12-23-17-7-5-14-6-8-19(21)24-18(14)10-17/h2-10,15,20H,11-12H2,1H3. The topological polar surface area (TPSA) is 68.9 Å². The molecule has 24 heavy (non-hydrogen) atoms. The first-order valence-electron chi connectivity index (χ1n) is 7.64. The van der Waals surface area contributed by atoms with Gasteiger partial charge in [0.25, 0.3) is 0 Å². The van der Waals surface area contributed by atoms with Gasteiger partial charge >= 0.3 is 5.63 Å². The van der Waals surface area contributed by atoms with Gasteiger partial charge in [-0.3, -0.25) is 0 Å². The van der Waals surface area contributed by atoms with Crippen LogP contribution in [-0.4, -0.2) is 24.4 Å². The summed E-state index contributed by atoms with van der Waals surface area (Å²) in [4.78, 5) is 11.2. The molecule has 0 aliphatic heterocycles. The Morgan fingerprint density at radius 2 is 1.71 bits per heavy atom. The first-order valence-corrected chi connectivity index (χ1v) is 7.64. The summed E-state index contributed by atoms with van der Waals surface area (Å²) in [6.45, 7) is 2.19. The molecule has 0 bridgehead atoms. The Balaban J connectivity index is 1.56. The molecule has 0 aliphatic carbocycles. The van der Waals surface area contributed by atoms with Gasteiger partial charge in [-0.1, -0.05) is 12.1 Å². The number of hydrogen-bond acceptors (Lipinski definition) is 5. The van der Waals surface area contributed by atoms with Gasteiger partial charge in [0.05, 0.1) is 0 Å². The zero-order chi connectivity index (χ0) is 16.9. The zero-order valence-electron chi connectivity index (χ0n) is 13.3. The minimum absolute atomic E-state index is 0.0778. The molecule has 3 aromatic rings. The van der Waals surface area contributed by atoms with Gasteiger partial charge in [0.2, 0.25) is 0 Å². The smallest absolute Gasteiger partial charge is 0.336 e. The molecule has 1 N–H and O–H groups in total. The van der Waals surface area contributed by atoms with Gasteiger partial charge in [-0.25, -0.2) is 4.79 Å². The number of rotatable bonds is 6. The molecule has 2 aromatic carbocycles. The van der Waals surface area contributed by atoms with Crippen LogP contribution in [-0.2, 0) is 0 Å². The maximum atomic E-state index is 11.2. The molecule has 0 fully saturated rings. The van der Waals surface area contributed by atoms with Gasteiger partial charge in [-0.2, -0.15) is 0 Å². The zero-order valence-corrected chi connectivity index (χ0v) is 13.3. The fourth-order valence-electron chi connectivity index (χ4n) is 2.27. The highest BCUT2D eigenvalue weighted by Gasteiger charge is 2.08. The first-order chi connectivity index (χ1) is 11.6. The first kappa shape index (κ1) is 16.1. The third-order valence-electron chi connectivity index (χ3n) is 3.47. The van der Waals surface area contributed by atoms with E-state index in [1.807, 2.05) is 31.2 Å². The summed E-state index contributed by atoms with van der Waals surface area (Å²) in [5, 5.41) is 10.8. The van der Waals surface area contributed by atoms with Crippen LogP contribution in [0.15, 0.2) is 63.8 Å². The van der Waals surface area contributed by atoms with Crippen molar-refractivity contribution in [2.45, 2.75) is 13.0 Å². The number of ether oxygens (including phenoxy) is 2. The van der Waals surface area contributed by atoms with Crippen LogP contribution < -0.4 is 15.1 Å². The second-order valence-corrected chi connectivity index (χ2v) is 5.55. The van der Waals surface area contributed by atoms with E-state index in [0.29, 0.717) is 17.1 Å². The predicted octanol–water partition coefficient (Wildman–Crippen LogP) is 2.92.